The van der Waals surface area contributed by atoms with E-state index in [0.29, 0.717) is 0 Å². The molecule has 19 heavy (non-hydrogen) atoms. The average molecular weight is 264 g/mol. The fourth-order valence-corrected chi connectivity index (χ4v) is 4.78. The van der Waals surface area contributed by atoms with Crippen LogP contribution in [0, 0.1) is 17.8 Å². The molecular weight excluding hydrogens is 232 g/mol. The molecular formula is C17H32N2. The van der Waals surface area contributed by atoms with Gasteiger partial charge in [-0.25, -0.2) is 0 Å². The molecule has 1 saturated carbocycles. The van der Waals surface area contributed by atoms with Crippen molar-refractivity contribution < 1.29 is 0 Å². The molecule has 2 nitrogen and oxygen atoms in total. The van der Waals surface area contributed by atoms with Gasteiger partial charge in [0.05, 0.1) is 6.17 Å². The van der Waals surface area contributed by atoms with Crippen molar-refractivity contribution in [3.8, 4) is 0 Å². The van der Waals surface area contributed by atoms with Gasteiger partial charge >= 0.3 is 0 Å². The molecule has 0 spiro atoms. The van der Waals surface area contributed by atoms with Gasteiger partial charge in [-0.1, -0.05) is 33.1 Å². The number of hydrogen-bond acceptors (Lipinski definition) is 2. The van der Waals surface area contributed by atoms with Crippen molar-refractivity contribution in [3.05, 3.63) is 0 Å². The topological polar surface area (TPSA) is 6.48 Å². The van der Waals surface area contributed by atoms with Crippen molar-refractivity contribution in [1.82, 2.24) is 9.80 Å². The summed E-state index contributed by atoms with van der Waals surface area (Å²) in [7, 11) is 0. The quantitative estimate of drug-likeness (QED) is 0.752. The first-order chi connectivity index (χ1) is 9.15. The van der Waals surface area contributed by atoms with Crippen LogP contribution in [0.2, 0.25) is 0 Å². The van der Waals surface area contributed by atoms with Gasteiger partial charge in [0, 0.05) is 25.7 Å². The first-order valence-corrected chi connectivity index (χ1v) is 8.65. The molecule has 0 amide bonds. The molecule has 0 aromatic carbocycles. The van der Waals surface area contributed by atoms with Crippen LogP contribution in [0.1, 0.15) is 59.3 Å². The lowest BCUT2D eigenvalue weighted by Crippen LogP contribution is -2.47. The number of piperidine rings is 1. The Hall–Kier alpha value is -0.0800. The van der Waals surface area contributed by atoms with Crippen LogP contribution in [0.25, 0.3) is 0 Å². The second kappa shape index (κ2) is 5.73. The molecule has 2 heteroatoms. The highest BCUT2D eigenvalue weighted by molar-refractivity contribution is 4.93. The maximum absolute atomic E-state index is 2.86. The molecule has 0 radical (unpaired) electrons. The second-order valence-corrected chi connectivity index (χ2v) is 7.68. The van der Waals surface area contributed by atoms with E-state index in [4.69, 9.17) is 0 Å². The van der Waals surface area contributed by atoms with Crippen LogP contribution in [-0.2, 0) is 0 Å². The first kappa shape index (κ1) is 13.9. The Morgan fingerprint density at radius 2 is 1.68 bits per heavy atom. The lowest BCUT2D eigenvalue weighted by atomic mass is 9.80. The predicted octanol–water partition coefficient (Wildman–Crippen LogP) is 3.57. The number of rotatable bonds is 2. The van der Waals surface area contributed by atoms with Gasteiger partial charge in [-0.2, -0.15) is 0 Å². The van der Waals surface area contributed by atoms with Gasteiger partial charge in [-0.05, 0) is 43.9 Å². The summed E-state index contributed by atoms with van der Waals surface area (Å²) in [5, 5.41) is 0. The molecule has 5 unspecified atom stereocenters. The Balaban J connectivity index is 1.63. The minimum atomic E-state index is 0.778. The molecule has 0 N–H and O–H groups in total. The third kappa shape index (κ3) is 2.85. The molecule has 2 saturated heterocycles. The average Bonchev–Trinajstić information content (AvgIpc) is 2.68. The van der Waals surface area contributed by atoms with Crippen LogP contribution in [0.4, 0.5) is 0 Å². The number of hydrogen-bond donors (Lipinski definition) is 0. The molecule has 3 fully saturated rings. The summed E-state index contributed by atoms with van der Waals surface area (Å²) >= 11 is 0. The highest BCUT2D eigenvalue weighted by Crippen LogP contribution is 2.35. The molecule has 2 aliphatic heterocycles. The molecule has 5 atom stereocenters. The third-order valence-corrected chi connectivity index (χ3v) is 6.07. The molecule has 3 rings (SSSR count). The van der Waals surface area contributed by atoms with Crippen molar-refractivity contribution >= 4 is 0 Å². The van der Waals surface area contributed by atoms with Gasteiger partial charge in [-0.3, -0.25) is 9.80 Å². The Kier molecular flexibility index (Phi) is 4.19. The van der Waals surface area contributed by atoms with Crippen molar-refractivity contribution in [2.24, 2.45) is 17.8 Å². The smallest absolute Gasteiger partial charge is 0.0626 e. The van der Waals surface area contributed by atoms with E-state index in [0.717, 1.165) is 30.0 Å². The lowest BCUT2D eigenvalue weighted by molar-refractivity contribution is 0.0449. The summed E-state index contributed by atoms with van der Waals surface area (Å²) in [4.78, 5) is 5.63. The van der Waals surface area contributed by atoms with E-state index < -0.39 is 0 Å². The minimum Gasteiger partial charge on any atom is -0.286 e. The van der Waals surface area contributed by atoms with E-state index in [-0.39, 0.29) is 0 Å². The molecule has 2 heterocycles. The summed E-state index contributed by atoms with van der Waals surface area (Å²) in [6.45, 7) is 11.4. The largest absolute Gasteiger partial charge is 0.286 e. The summed E-state index contributed by atoms with van der Waals surface area (Å²) in [5.74, 6) is 2.84. The fourth-order valence-electron chi connectivity index (χ4n) is 4.78. The lowest BCUT2D eigenvalue weighted by Gasteiger charge is -2.40. The molecule has 3 aliphatic rings. The predicted molar refractivity (Wildman–Crippen MR) is 81.0 cm³/mol. The van der Waals surface area contributed by atoms with Crippen LogP contribution in [0.3, 0.4) is 0 Å². The van der Waals surface area contributed by atoms with E-state index in [9.17, 15) is 0 Å². The SMILES string of the molecule is CC1CCC2N(C1)CC(C)N2CC1CCCCC1C. The van der Waals surface area contributed by atoms with Gasteiger partial charge in [0.1, 0.15) is 0 Å². The molecule has 1 aliphatic carbocycles. The van der Waals surface area contributed by atoms with Crippen LogP contribution in [-0.4, -0.2) is 41.6 Å². The highest BCUT2D eigenvalue weighted by Gasteiger charge is 2.41. The maximum atomic E-state index is 2.86. The standard InChI is InChI=1S/C17H32N2/c1-13-8-9-17-18(10-13)11-15(3)19(17)12-16-7-5-4-6-14(16)2/h13-17H,4-12H2,1-3H3. The van der Waals surface area contributed by atoms with E-state index in [1.165, 1.54) is 58.2 Å². The molecule has 0 aromatic heterocycles. The van der Waals surface area contributed by atoms with Crippen LogP contribution < -0.4 is 0 Å². The van der Waals surface area contributed by atoms with Gasteiger partial charge in [0.2, 0.25) is 0 Å². The van der Waals surface area contributed by atoms with E-state index in [1.807, 2.05) is 0 Å². The normalized spacial score (nSPS) is 45.3. The van der Waals surface area contributed by atoms with Gasteiger partial charge in [0.25, 0.3) is 0 Å². The van der Waals surface area contributed by atoms with E-state index in [2.05, 4.69) is 30.6 Å². The fraction of sp³-hybridized carbons (Fsp3) is 1.00. The second-order valence-electron chi connectivity index (χ2n) is 7.68. The Bertz CT molecular complexity index is 304. The summed E-state index contributed by atoms with van der Waals surface area (Å²) in [5.41, 5.74) is 0. The highest BCUT2D eigenvalue weighted by atomic mass is 15.4. The maximum Gasteiger partial charge on any atom is 0.0626 e. The van der Waals surface area contributed by atoms with E-state index in [1.54, 1.807) is 0 Å². The van der Waals surface area contributed by atoms with Gasteiger partial charge < -0.3 is 0 Å². The zero-order chi connectivity index (χ0) is 13.4. The Morgan fingerprint density at radius 1 is 0.895 bits per heavy atom. The minimum absolute atomic E-state index is 0.778. The van der Waals surface area contributed by atoms with Gasteiger partial charge in [0.15, 0.2) is 0 Å². The van der Waals surface area contributed by atoms with Gasteiger partial charge in [-0.15, -0.1) is 0 Å². The molecule has 0 bridgehead atoms. The molecule has 110 valence electrons. The zero-order valence-corrected chi connectivity index (χ0v) is 13.1. The first-order valence-electron chi connectivity index (χ1n) is 8.65. The van der Waals surface area contributed by atoms with Crippen LogP contribution >= 0.6 is 0 Å². The van der Waals surface area contributed by atoms with E-state index >= 15 is 0 Å². The zero-order valence-electron chi connectivity index (χ0n) is 13.1. The number of nitrogens with zero attached hydrogens (tertiary/aromatic N) is 2. The summed E-state index contributed by atoms with van der Waals surface area (Å²) in [6.07, 6.45) is 9.52. The van der Waals surface area contributed by atoms with Crippen molar-refractivity contribution in [3.63, 3.8) is 0 Å². The van der Waals surface area contributed by atoms with Crippen molar-refractivity contribution in [2.75, 3.05) is 19.6 Å². The number of fused-ring (bicyclic) bond motifs is 1. The Labute approximate surface area is 119 Å². The van der Waals surface area contributed by atoms with Crippen molar-refractivity contribution in [2.45, 2.75) is 71.5 Å². The van der Waals surface area contributed by atoms with Crippen LogP contribution in [0.5, 0.6) is 0 Å². The van der Waals surface area contributed by atoms with Crippen LogP contribution in [0.15, 0.2) is 0 Å². The summed E-state index contributed by atoms with van der Waals surface area (Å²) in [6, 6.07) is 0.782. The summed E-state index contributed by atoms with van der Waals surface area (Å²) < 4.78 is 0. The Morgan fingerprint density at radius 3 is 2.47 bits per heavy atom. The van der Waals surface area contributed by atoms with Crippen molar-refractivity contribution in [1.29, 1.82) is 0 Å². The third-order valence-electron chi connectivity index (χ3n) is 6.07. The molecule has 0 aromatic rings. The monoisotopic (exact) mass is 264 g/mol.